The molecular formula is C14H16FNOS. The summed E-state index contributed by atoms with van der Waals surface area (Å²) >= 11 is 1.57. The Labute approximate surface area is 110 Å². The quantitative estimate of drug-likeness (QED) is 0.831. The molecule has 0 aliphatic rings. The van der Waals surface area contributed by atoms with E-state index in [-0.39, 0.29) is 11.2 Å². The molecule has 0 saturated carbocycles. The zero-order valence-corrected chi connectivity index (χ0v) is 11.6. The molecule has 2 rings (SSSR count). The van der Waals surface area contributed by atoms with E-state index in [0.29, 0.717) is 12.4 Å². The highest BCUT2D eigenvalue weighted by Crippen LogP contribution is 2.24. The normalized spacial score (nSPS) is 11.6. The van der Waals surface area contributed by atoms with Crippen LogP contribution in [0, 0.1) is 5.82 Å². The Kier molecular flexibility index (Phi) is 3.66. The Hall–Kier alpha value is -1.42. The van der Waals surface area contributed by atoms with Crippen molar-refractivity contribution in [3.05, 3.63) is 46.2 Å². The van der Waals surface area contributed by atoms with E-state index >= 15 is 0 Å². The third-order valence-corrected chi connectivity index (χ3v) is 3.30. The molecule has 18 heavy (non-hydrogen) atoms. The van der Waals surface area contributed by atoms with Crippen LogP contribution in [0.2, 0.25) is 0 Å². The maximum atomic E-state index is 13.0. The lowest BCUT2D eigenvalue weighted by molar-refractivity contribution is 0.303. The SMILES string of the molecule is CC(C)(C)c1csc(COc2cccc(F)c2)n1. The van der Waals surface area contributed by atoms with Crippen molar-refractivity contribution < 1.29 is 9.13 Å². The summed E-state index contributed by atoms with van der Waals surface area (Å²) in [4.78, 5) is 4.52. The number of aromatic nitrogens is 1. The van der Waals surface area contributed by atoms with Crippen LogP contribution in [-0.4, -0.2) is 4.98 Å². The van der Waals surface area contributed by atoms with Gasteiger partial charge in [-0.3, -0.25) is 0 Å². The average molecular weight is 265 g/mol. The molecule has 0 atom stereocenters. The Morgan fingerprint density at radius 2 is 2.11 bits per heavy atom. The van der Waals surface area contributed by atoms with Crippen molar-refractivity contribution in [1.29, 1.82) is 0 Å². The molecule has 0 unspecified atom stereocenters. The lowest BCUT2D eigenvalue weighted by Crippen LogP contribution is -2.11. The fraction of sp³-hybridized carbons (Fsp3) is 0.357. The maximum absolute atomic E-state index is 13.0. The molecule has 96 valence electrons. The van der Waals surface area contributed by atoms with Gasteiger partial charge >= 0.3 is 0 Å². The smallest absolute Gasteiger partial charge is 0.140 e. The summed E-state index contributed by atoms with van der Waals surface area (Å²) in [6.07, 6.45) is 0. The van der Waals surface area contributed by atoms with Gasteiger partial charge in [-0.05, 0) is 12.1 Å². The molecule has 0 saturated heterocycles. The van der Waals surface area contributed by atoms with Crippen LogP contribution in [-0.2, 0) is 12.0 Å². The lowest BCUT2D eigenvalue weighted by Gasteiger charge is -2.14. The second kappa shape index (κ2) is 5.06. The van der Waals surface area contributed by atoms with Crippen molar-refractivity contribution in [3.63, 3.8) is 0 Å². The van der Waals surface area contributed by atoms with Gasteiger partial charge in [0.05, 0.1) is 5.69 Å². The molecule has 2 aromatic rings. The third-order valence-electron chi connectivity index (χ3n) is 2.48. The molecule has 0 radical (unpaired) electrons. The van der Waals surface area contributed by atoms with Crippen molar-refractivity contribution in [3.8, 4) is 5.75 Å². The van der Waals surface area contributed by atoms with Crippen LogP contribution in [0.4, 0.5) is 4.39 Å². The van der Waals surface area contributed by atoms with Crippen LogP contribution in [0.15, 0.2) is 29.6 Å². The van der Waals surface area contributed by atoms with Gasteiger partial charge in [-0.1, -0.05) is 26.8 Å². The van der Waals surface area contributed by atoms with Gasteiger partial charge in [-0.25, -0.2) is 9.37 Å². The van der Waals surface area contributed by atoms with Crippen molar-refractivity contribution >= 4 is 11.3 Å². The minimum Gasteiger partial charge on any atom is -0.486 e. The van der Waals surface area contributed by atoms with Crippen LogP contribution in [0.3, 0.4) is 0 Å². The first-order valence-corrected chi connectivity index (χ1v) is 6.66. The zero-order valence-electron chi connectivity index (χ0n) is 10.7. The first-order chi connectivity index (χ1) is 8.45. The van der Waals surface area contributed by atoms with Crippen LogP contribution in [0.5, 0.6) is 5.75 Å². The number of halogens is 1. The summed E-state index contributed by atoms with van der Waals surface area (Å²) in [5, 5.41) is 2.95. The minimum absolute atomic E-state index is 0.0492. The molecule has 0 bridgehead atoms. The highest BCUT2D eigenvalue weighted by Gasteiger charge is 2.17. The molecule has 2 nitrogen and oxygen atoms in total. The molecule has 0 amide bonds. The van der Waals surface area contributed by atoms with Gasteiger partial charge in [-0.15, -0.1) is 11.3 Å². The summed E-state index contributed by atoms with van der Waals surface area (Å²) in [7, 11) is 0. The zero-order chi connectivity index (χ0) is 13.2. The monoisotopic (exact) mass is 265 g/mol. The Bertz CT molecular complexity index is 531. The van der Waals surface area contributed by atoms with Crippen LogP contribution in [0.1, 0.15) is 31.5 Å². The number of nitrogens with zero attached hydrogens (tertiary/aromatic N) is 1. The first-order valence-electron chi connectivity index (χ1n) is 5.78. The lowest BCUT2D eigenvalue weighted by atomic mass is 9.93. The van der Waals surface area contributed by atoms with E-state index in [1.165, 1.54) is 12.1 Å². The molecule has 4 heteroatoms. The Morgan fingerprint density at radius 3 is 2.72 bits per heavy atom. The van der Waals surface area contributed by atoms with E-state index in [1.807, 2.05) is 5.38 Å². The largest absolute Gasteiger partial charge is 0.486 e. The highest BCUT2D eigenvalue weighted by atomic mass is 32.1. The molecule has 0 spiro atoms. The predicted octanol–water partition coefficient (Wildman–Crippen LogP) is 4.16. The number of benzene rings is 1. The van der Waals surface area contributed by atoms with E-state index in [1.54, 1.807) is 23.5 Å². The van der Waals surface area contributed by atoms with E-state index in [4.69, 9.17) is 4.74 Å². The fourth-order valence-electron chi connectivity index (χ4n) is 1.42. The molecular weight excluding hydrogens is 249 g/mol. The van der Waals surface area contributed by atoms with Gasteiger partial charge < -0.3 is 4.74 Å². The van der Waals surface area contributed by atoms with Crippen molar-refractivity contribution in [2.45, 2.75) is 32.8 Å². The highest BCUT2D eigenvalue weighted by molar-refractivity contribution is 7.09. The van der Waals surface area contributed by atoms with E-state index in [2.05, 4.69) is 25.8 Å². The third kappa shape index (κ3) is 3.29. The number of thiazole rings is 1. The van der Waals surface area contributed by atoms with Gasteiger partial charge in [0, 0.05) is 16.9 Å². The van der Waals surface area contributed by atoms with Gasteiger partial charge in [0.25, 0.3) is 0 Å². The van der Waals surface area contributed by atoms with Crippen molar-refractivity contribution in [2.24, 2.45) is 0 Å². The van der Waals surface area contributed by atoms with Gasteiger partial charge in [0.15, 0.2) is 0 Å². The minimum atomic E-state index is -0.290. The number of ether oxygens (including phenoxy) is 1. The van der Waals surface area contributed by atoms with Gasteiger partial charge in [-0.2, -0.15) is 0 Å². The van der Waals surface area contributed by atoms with Crippen LogP contribution in [0.25, 0.3) is 0 Å². The van der Waals surface area contributed by atoms with Crippen molar-refractivity contribution in [1.82, 2.24) is 4.98 Å². The molecule has 0 N–H and O–H groups in total. The van der Waals surface area contributed by atoms with Crippen LogP contribution < -0.4 is 4.74 Å². The standard InChI is InChI=1S/C14H16FNOS/c1-14(2,3)12-9-18-13(16-12)8-17-11-6-4-5-10(15)7-11/h4-7,9H,8H2,1-3H3. The second-order valence-corrected chi connectivity index (χ2v) is 6.07. The number of rotatable bonds is 3. The maximum Gasteiger partial charge on any atom is 0.140 e. The summed E-state index contributed by atoms with van der Waals surface area (Å²) in [5.41, 5.74) is 1.11. The van der Waals surface area contributed by atoms with Gasteiger partial charge in [0.2, 0.25) is 0 Å². The summed E-state index contributed by atoms with van der Waals surface area (Å²) in [5.74, 6) is 0.240. The molecule has 1 heterocycles. The molecule has 0 aliphatic carbocycles. The predicted molar refractivity (Wildman–Crippen MR) is 71.5 cm³/mol. The van der Waals surface area contributed by atoms with E-state index in [0.717, 1.165) is 10.7 Å². The average Bonchev–Trinajstić information content (AvgIpc) is 2.74. The summed E-state index contributed by atoms with van der Waals surface area (Å²) in [6.45, 7) is 6.75. The van der Waals surface area contributed by atoms with Crippen molar-refractivity contribution in [2.75, 3.05) is 0 Å². The summed E-state index contributed by atoms with van der Waals surface area (Å²) < 4.78 is 18.5. The summed E-state index contributed by atoms with van der Waals surface area (Å²) in [6, 6.07) is 6.14. The van der Waals surface area contributed by atoms with Gasteiger partial charge in [0.1, 0.15) is 23.2 Å². The van der Waals surface area contributed by atoms with E-state index < -0.39 is 0 Å². The van der Waals surface area contributed by atoms with Crippen LogP contribution >= 0.6 is 11.3 Å². The number of hydrogen-bond acceptors (Lipinski definition) is 3. The topological polar surface area (TPSA) is 22.1 Å². The Balaban J connectivity index is 2.01. The second-order valence-electron chi connectivity index (χ2n) is 5.12. The molecule has 0 aliphatic heterocycles. The fourth-order valence-corrected chi connectivity index (χ4v) is 2.36. The molecule has 1 aromatic carbocycles. The molecule has 0 fully saturated rings. The Morgan fingerprint density at radius 1 is 1.33 bits per heavy atom. The molecule has 1 aromatic heterocycles. The first kappa shape index (κ1) is 13.0. The van der Waals surface area contributed by atoms with E-state index in [9.17, 15) is 4.39 Å². The number of hydrogen-bond donors (Lipinski definition) is 0.